The molecule has 2 rings (SSSR count). The van der Waals surface area contributed by atoms with Crippen LogP contribution in [0.25, 0.3) is 0 Å². The van der Waals surface area contributed by atoms with Crippen molar-refractivity contribution >= 4 is 11.6 Å². The molecule has 1 aliphatic heterocycles. The Kier molecular flexibility index (Phi) is 3.28. The number of ether oxygens (including phenoxy) is 1. The fraction of sp³-hybridized carbons (Fsp3) is 0.417. The van der Waals surface area contributed by atoms with E-state index in [9.17, 15) is 9.18 Å². The highest BCUT2D eigenvalue weighted by molar-refractivity contribution is 5.95. The standard InChI is InChI=1S/C12H15FN2O2/c1-15(11-2-3-17-7-11)12(16)8-4-9(13)6-10(14)5-8/h4-6,11H,2-3,7,14H2,1H3. The van der Waals surface area contributed by atoms with E-state index in [0.717, 1.165) is 6.42 Å². The second kappa shape index (κ2) is 4.71. The average Bonchev–Trinajstić information content (AvgIpc) is 2.79. The molecule has 0 spiro atoms. The molecule has 1 heterocycles. The van der Waals surface area contributed by atoms with Crippen molar-refractivity contribution < 1.29 is 13.9 Å². The number of benzene rings is 1. The van der Waals surface area contributed by atoms with Crippen LogP contribution in [-0.2, 0) is 4.74 Å². The molecule has 0 saturated carbocycles. The first-order valence-electron chi connectivity index (χ1n) is 5.49. The lowest BCUT2D eigenvalue weighted by atomic mass is 10.1. The van der Waals surface area contributed by atoms with Gasteiger partial charge < -0.3 is 15.4 Å². The van der Waals surface area contributed by atoms with Crippen LogP contribution in [0, 0.1) is 5.82 Å². The molecule has 1 aromatic carbocycles. The van der Waals surface area contributed by atoms with Crippen LogP contribution >= 0.6 is 0 Å². The van der Waals surface area contributed by atoms with Gasteiger partial charge in [0.1, 0.15) is 5.82 Å². The molecule has 17 heavy (non-hydrogen) atoms. The van der Waals surface area contributed by atoms with E-state index in [0.29, 0.717) is 13.2 Å². The fourth-order valence-electron chi connectivity index (χ4n) is 1.93. The second-order valence-electron chi connectivity index (χ2n) is 4.21. The van der Waals surface area contributed by atoms with Gasteiger partial charge in [0.15, 0.2) is 0 Å². The SMILES string of the molecule is CN(C(=O)c1cc(N)cc(F)c1)C1CCOC1. The van der Waals surface area contributed by atoms with E-state index in [-0.39, 0.29) is 23.2 Å². The minimum atomic E-state index is -0.496. The third kappa shape index (κ3) is 2.55. The molecule has 4 nitrogen and oxygen atoms in total. The first-order valence-corrected chi connectivity index (χ1v) is 5.49. The van der Waals surface area contributed by atoms with E-state index in [1.54, 1.807) is 11.9 Å². The molecule has 1 unspecified atom stereocenters. The van der Waals surface area contributed by atoms with Crippen LogP contribution in [-0.4, -0.2) is 37.1 Å². The first kappa shape index (κ1) is 11.9. The van der Waals surface area contributed by atoms with Crippen molar-refractivity contribution in [2.24, 2.45) is 0 Å². The molecule has 1 aromatic rings. The number of carbonyl (C=O) groups excluding carboxylic acids is 1. The van der Waals surface area contributed by atoms with Gasteiger partial charge in [-0.05, 0) is 24.6 Å². The van der Waals surface area contributed by atoms with Crippen molar-refractivity contribution in [2.75, 3.05) is 26.0 Å². The maximum absolute atomic E-state index is 13.2. The summed E-state index contributed by atoms with van der Waals surface area (Å²) in [4.78, 5) is 13.7. The number of carbonyl (C=O) groups is 1. The topological polar surface area (TPSA) is 55.6 Å². The maximum atomic E-state index is 13.2. The Balaban J connectivity index is 2.17. The summed E-state index contributed by atoms with van der Waals surface area (Å²) in [6.07, 6.45) is 0.813. The largest absolute Gasteiger partial charge is 0.399 e. The number of anilines is 1. The van der Waals surface area contributed by atoms with E-state index in [1.807, 2.05) is 0 Å². The van der Waals surface area contributed by atoms with E-state index in [2.05, 4.69) is 0 Å². The van der Waals surface area contributed by atoms with Crippen molar-refractivity contribution in [2.45, 2.75) is 12.5 Å². The maximum Gasteiger partial charge on any atom is 0.254 e. The third-order valence-electron chi connectivity index (χ3n) is 2.94. The summed E-state index contributed by atoms with van der Waals surface area (Å²) in [5.41, 5.74) is 6.04. The van der Waals surface area contributed by atoms with Gasteiger partial charge in [-0.1, -0.05) is 0 Å². The number of likely N-dealkylation sites (N-methyl/N-ethyl adjacent to an activating group) is 1. The molecule has 1 saturated heterocycles. The molecule has 5 heteroatoms. The Labute approximate surface area is 99.2 Å². The predicted octanol–water partition coefficient (Wildman–Crippen LogP) is 1.27. The smallest absolute Gasteiger partial charge is 0.254 e. The molecule has 1 amide bonds. The van der Waals surface area contributed by atoms with Gasteiger partial charge in [-0.25, -0.2) is 4.39 Å². The minimum Gasteiger partial charge on any atom is -0.399 e. The Morgan fingerprint density at radius 1 is 1.53 bits per heavy atom. The van der Waals surface area contributed by atoms with Crippen LogP contribution < -0.4 is 5.73 Å². The zero-order chi connectivity index (χ0) is 12.4. The molecule has 0 radical (unpaired) electrons. The van der Waals surface area contributed by atoms with Crippen LogP contribution in [0.2, 0.25) is 0 Å². The minimum absolute atomic E-state index is 0.0620. The lowest BCUT2D eigenvalue weighted by molar-refractivity contribution is 0.0711. The van der Waals surface area contributed by atoms with Crippen molar-refractivity contribution in [3.63, 3.8) is 0 Å². The van der Waals surface area contributed by atoms with Crippen molar-refractivity contribution in [1.29, 1.82) is 0 Å². The number of rotatable bonds is 2. The highest BCUT2D eigenvalue weighted by Crippen LogP contribution is 2.17. The van der Waals surface area contributed by atoms with E-state index < -0.39 is 5.82 Å². The quantitative estimate of drug-likeness (QED) is 0.789. The van der Waals surface area contributed by atoms with Crippen LogP contribution in [0.3, 0.4) is 0 Å². The summed E-state index contributed by atoms with van der Waals surface area (Å²) in [7, 11) is 1.70. The number of nitrogens with zero attached hydrogens (tertiary/aromatic N) is 1. The number of hydrogen-bond donors (Lipinski definition) is 1. The molecule has 0 aromatic heterocycles. The van der Waals surface area contributed by atoms with E-state index in [4.69, 9.17) is 10.5 Å². The molecule has 1 atom stereocenters. The molecule has 92 valence electrons. The van der Waals surface area contributed by atoms with Gasteiger partial charge in [-0.3, -0.25) is 4.79 Å². The van der Waals surface area contributed by atoms with Crippen molar-refractivity contribution in [3.8, 4) is 0 Å². The molecular weight excluding hydrogens is 223 g/mol. The van der Waals surface area contributed by atoms with Crippen molar-refractivity contribution in [1.82, 2.24) is 4.90 Å². The summed E-state index contributed by atoms with van der Waals surface area (Å²) in [5.74, 6) is -0.726. The third-order valence-corrected chi connectivity index (χ3v) is 2.94. The number of nitrogens with two attached hydrogens (primary N) is 1. The molecule has 2 N–H and O–H groups in total. The van der Waals surface area contributed by atoms with Gasteiger partial charge in [0.2, 0.25) is 0 Å². The molecule has 1 aliphatic rings. The molecule has 0 bridgehead atoms. The van der Waals surface area contributed by atoms with Crippen molar-refractivity contribution in [3.05, 3.63) is 29.6 Å². The number of hydrogen-bond acceptors (Lipinski definition) is 3. The summed E-state index contributed by atoms with van der Waals surface area (Å²) < 4.78 is 18.4. The fourth-order valence-corrected chi connectivity index (χ4v) is 1.93. The average molecular weight is 238 g/mol. The number of amides is 1. The lowest BCUT2D eigenvalue weighted by Crippen LogP contribution is -2.37. The highest BCUT2D eigenvalue weighted by Gasteiger charge is 2.25. The Morgan fingerprint density at radius 3 is 2.88 bits per heavy atom. The summed E-state index contributed by atoms with van der Waals surface area (Å²) >= 11 is 0. The Hall–Kier alpha value is -1.62. The molecule has 1 fully saturated rings. The first-order chi connectivity index (χ1) is 8.08. The number of halogens is 1. The second-order valence-corrected chi connectivity index (χ2v) is 4.21. The van der Waals surface area contributed by atoms with Crippen LogP contribution in [0.15, 0.2) is 18.2 Å². The summed E-state index contributed by atoms with van der Waals surface area (Å²) in [6.45, 7) is 1.20. The van der Waals surface area contributed by atoms with Crippen LogP contribution in [0.5, 0.6) is 0 Å². The monoisotopic (exact) mass is 238 g/mol. The molecule has 0 aliphatic carbocycles. The van der Waals surface area contributed by atoms with Crippen LogP contribution in [0.1, 0.15) is 16.8 Å². The lowest BCUT2D eigenvalue weighted by Gasteiger charge is -2.23. The zero-order valence-corrected chi connectivity index (χ0v) is 9.65. The van der Waals surface area contributed by atoms with Gasteiger partial charge in [0.05, 0.1) is 12.6 Å². The summed E-state index contributed by atoms with van der Waals surface area (Å²) in [5, 5.41) is 0. The van der Waals surface area contributed by atoms with E-state index >= 15 is 0 Å². The van der Waals surface area contributed by atoms with E-state index in [1.165, 1.54) is 18.2 Å². The van der Waals surface area contributed by atoms with Crippen LogP contribution in [0.4, 0.5) is 10.1 Å². The molecular formula is C12H15FN2O2. The highest BCUT2D eigenvalue weighted by atomic mass is 19.1. The zero-order valence-electron chi connectivity index (χ0n) is 9.65. The number of nitrogen functional groups attached to an aromatic ring is 1. The normalized spacial score (nSPS) is 19.3. The van der Waals surface area contributed by atoms with Gasteiger partial charge in [0, 0.05) is 24.9 Å². The van der Waals surface area contributed by atoms with Gasteiger partial charge in [-0.2, -0.15) is 0 Å². The summed E-state index contributed by atoms with van der Waals surface area (Å²) in [6, 6.07) is 3.94. The predicted molar refractivity (Wildman–Crippen MR) is 62.1 cm³/mol. The van der Waals surface area contributed by atoms with Gasteiger partial charge >= 0.3 is 0 Å². The Morgan fingerprint density at radius 2 is 2.29 bits per heavy atom. The van der Waals surface area contributed by atoms with Gasteiger partial charge in [0.25, 0.3) is 5.91 Å². The van der Waals surface area contributed by atoms with Gasteiger partial charge in [-0.15, -0.1) is 0 Å². The Bertz CT molecular complexity index is 410.